The first kappa shape index (κ1) is 19.6. The molecule has 3 heterocycles. The van der Waals surface area contributed by atoms with Crippen LogP contribution in [0, 0.1) is 17.1 Å². The van der Waals surface area contributed by atoms with Gasteiger partial charge in [0.25, 0.3) is 0 Å². The van der Waals surface area contributed by atoms with Gasteiger partial charge >= 0.3 is 0 Å². The summed E-state index contributed by atoms with van der Waals surface area (Å²) < 4.78 is 40.0. The molecule has 2 bridgehead atoms. The minimum atomic E-state index is -2.94. The standard InChI is InChI=1S/C22H20FN5O2S/c1-25-22-10-21(14-2-3-15(11-24)20(23)8-14)28(26-22)17-6-4-16(5-7-17)27-12-19-9-18(27)13-31(19,29)30/h2-8,10,18-19H,9,12-13H2,1H3,(H,25,26). The number of sulfone groups is 1. The minimum absolute atomic E-state index is 0.00469. The first-order valence-electron chi connectivity index (χ1n) is 9.96. The number of benzene rings is 2. The molecule has 0 radical (unpaired) electrons. The molecule has 1 N–H and O–H groups in total. The van der Waals surface area contributed by atoms with Gasteiger partial charge in [-0.05, 0) is 42.8 Å². The molecule has 2 aromatic carbocycles. The predicted molar refractivity (Wildman–Crippen MR) is 117 cm³/mol. The van der Waals surface area contributed by atoms with E-state index in [0.717, 1.165) is 11.4 Å². The number of aromatic nitrogens is 2. The number of nitrogens with zero attached hydrogens (tertiary/aromatic N) is 4. The van der Waals surface area contributed by atoms with Gasteiger partial charge in [-0.1, -0.05) is 6.07 Å². The third-order valence-electron chi connectivity index (χ3n) is 6.09. The third-order valence-corrected chi connectivity index (χ3v) is 8.29. The lowest BCUT2D eigenvalue weighted by Crippen LogP contribution is -2.40. The summed E-state index contributed by atoms with van der Waals surface area (Å²) in [5.74, 6) is 0.275. The van der Waals surface area contributed by atoms with Crippen LogP contribution < -0.4 is 10.2 Å². The molecule has 2 aliphatic rings. The fourth-order valence-corrected chi connectivity index (χ4v) is 6.50. The zero-order chi connectivity index (χ0) is 21.8. The lowest BCUT2D eigenvalue weighted by atomic mass is 10.1. The second kappa shape index (κ2) is 7.10. The Morgan fingerprint density at radius 1 is 1.16 bits per heavy atom. The summed E-state index contributed by atoms with van der Waals surface area (Å²) >= 11 is 0. The van der Waals surface area contributed by atoms with Gasteiger partial charge in [0, 0.05) is 37.0 Å². The Kier molecular flexibility index (Phi) is 4.48. The van der Waals surface area contributed by atoms with E-state index in [4.69, 9.17) is 5.26 Å². The van der Waals surface area contributed by atoms with Crippen LogP contribution in [0.25, 0.3) is 16.9 Å². The van der Waals surface area contributed by atoms with E-state index >= 15 is 0 Å². The molecule has 0 spiro atoms. The number of hydrogen-bond acceptors (Lipinski definition) is 6. The van der Waals surface area contributed by atoms with Crippen LogP contribution >= 0.6 is 0 Å². The van der Waals surface area contributed by atoms with Crippen molar-refractivity contribution in [2.24, 2.45) is 0 Å². The van der Waals surface area contributed by atoms with Crippen LogP contribution in [-0.2, 0) is 9.84 Å². The fraction of sp³-hybridized carbons (Fsp3) is 0.273. The van der Waals surface area contributed by atoms with E-state index in [1.807, 2.05) is 36.4 Å². The fourth-order valence-electron chi connectivity index (χ4n) is 4.47. The molecule has 0 amide bonds. The molecule has 2 unspecified atom stereocenters. The average Bonchev–Trinajstić information content (AvgIpc) is 3.45. The van der Waals surface area contributed by atoms with Crippen molar-refractivity contribution >= 4 is 21.3 Å². The largest absolute Gasteiger partial charge is 0.372 e. The second-order valence-electron chi connectivity index (χ2n) is 7.89. The lowest BCUT2D eigenvalue weighted by molar-refractivity contribution is 0.585. The van der Waals surface area contributed by atoms with Crippen LogP contribution in [0.3, 0.4) is 0 Å². The van der Waals surface area contributed by atoms with Crippen molar-refractivity contribution in [3.8, 4) is 23.0 Å². The number of anilines is 2. The molecule has 0 aliphatic carbocycles. The van der Waals surface area contributed by atoms with Gasteiger partial charge in [-0.2, -0.15) is 5.26 Å². The summed E-state index contributed by atoms with van der Waals surface area (Å²) in [5.41, 5.74) is 3.07. The van der Waals surface area contributed by atoms with Gasteiger partial charge in [-0.25, -0.2) is 17.5 Å². The number of rotatable bonds is 4. The van der Waals surface area contributed by atoms with Crippen molar-refractivity contribution in [1.82, 2.24) is 9.78 Å². The van der Waals surface area contributed by atoms with Crippen LogP contribution in [0.1, 0.15) is 12.0 Å². The van der Waals surface area contributed by atoms with Gasteiger partial charge in [-0.3, -0.25) is 0 Å². The van der Waals surface area contributed by atoms with Crippen molar-refractivity contribution in [3.05, 3.63) is 59.9 Å². The van der Waals surface area contributed by atoms with E-state index in [-0.39, 0.29) is 22.6 Å². The van der Waals surface area contributed by atoms with E-state index in [9.17, 15) is 12.8 Å². The van der Waals surface area contributed by atoms with Crippen molar-refractivity contribution in [2.75, 3.05) is 29.6 Å². The zero-order valence-corrected chi connectivity index (χ0v) is 17.6. The molecule has 158 valence electrons. The van der Waals surface area contributed by atoms with Crippen LogP contribution in [0.4, 0.5) is 15.9 Å². The molecule has 2 atom stereocenters. The van der Waals surface area contributed by atoms with Crippen LogP contribution in [0.5, 0.6) is 0 Å². The Morgan fingerprint density at radius 2 is 1.90 bits per heavy atom. The first-order chi connectivity index (χ1) is 14.9. The molecular weight excluding hydrogens is 417 g/mol. The Bertz CT molecular complexity index is 1310. The summed E-state index contributed by atoms with van der Waals surface area (Å²) in [4.78, 5) is 2.16. The van der Waals surface area contributed by atoms with Crippen molar-refractivity contribution in [3.63, 3.8) is 0 Å². The van der Waals surface area contributed by atoms with Gasteiger partial charge < -0.3 is 10.2 Å². The van der Waals surface area contributed by atoms with Gasteiger partial charge in [0.2, 0.25) is 0 Å². The maximum atomic E-state index is 14.2. The number of fused-ring (bicyclic) bond motifs is 2. The molecule has 0 saturated carbocycles. The zero-order valence-electron chi connectivity index (χ0n) is 16.8. The molecule has 2 fully saturated rings. The van der Waals surface area contributed by atoms with E-state index < -0.39 is 15.7 Å². The van der Waals surface area contributed by atoms with Gasteiger partial charge in [0.05, 0.1) is 27.9 Å². The molecule has 7 nitrogen and oxygen atoms in total. The van der Waals surface area contributed by atoms with Crippen molar-refractivity contribution < 1.29 is 12.8 Å². The molecule has 2 aliphatic heterocycles. The van der Waals surface area contributed by atoms with Gasteiger partial charge in [-0.15, -0.1) is 5.10 Å². The highest BCUT2D eigenvalue weighted by Crippen LogP contribution is 2.37. The lowest BCUT2D eigenvalue weighted by Gasteiger charge is -2.29. The van der Waals surface area contributed by atoms with E-state index in [2.05, 4.69) is 15.3 Å². The summed E-state index contributed by atoms with van der Waals surface area (Å²) in [6.45, 7) is 0.536. The monoisotopic (exact) mass is 437 g/mol. The quantitative estimate of drug-likeness (QED) is 0.675. The molecule has 31 heavy (non-hydrogen) atoms. The van der Waals surface area contributed by atoms with E-state index in [1.54, 1.807) is 17.8 Å². The van der Waals surface area contributed by atoms with Crippen LogP contribution in [0.15, 0.2) is 48.5 Å². The summed E-state index contributed by atoms with van der Waals surface area (Å²) in [6, 6.07) is 16.0. The predicted octanol–water partition coefficient (Wildman–Crippen LogP) is 2.97. The van der Waals surface area contributed by atoms with Crippen molar-refractivity contribution in [1.29, 1.82) is 5.26 Å². The SMILES string of the molecule is CNc1cc(-c2ccc(C#N)c(F)c2)n(-c2ccc(N3CC4CC3CS4(=O)=O)cc2)n1. The molecule has 9 heteroatoms. The van der Waals surface area contributed by atoms with E-state index in [1.165, 1.54) is 12.1 Å². The normalized spacial score (nSPS) is 21.3. The Hall–Kier alpha value is -3.38. The highest BCUT2D eigenvalue weighted by Gasteiger charge is 2.48. The Morgan fingerprint density at radius 3 is 2.48 bits per heavy atom. The Labute approximate surface area is 179 Å². The van der Waals surface area contributed by atoms with E-state index in [0.29, 0.717) is 30.0 Å². The maximum absolute atomic E-state index is 14.2. The summed E-state index contributed by atoms with van der Waals surface area (Å²) in [5, 5.41) is 16.3. The smallest absolute Gasteiger partial charge is 0.156 e. The third kappa shape index (κ3) is 3.24. The molecular formula is C22H20FN5O2S. The second-order valence-corrected chi connectivity index (χ2v) is 10.2. The Balaban J connectivity index is 1.48. The highest BCUT2D eigenvalue weighted by molar-refractivity contribution is 7.92. The molecule has 1 aromatic heterocycles. The average molecular weight is 438 g/mol. The van der Waals surface area contributed by atoms with Crippen molar-refractivity contribution in [2.45, 2.75) is 17.7 Å². The first-order valence-corrected chi connectivity index (χ1v) is 11.7. The molecule has 2 saturated heterocycles. The molecule has 3 aromatic rings. The number of hydrogen-bond donors (Lipinski definition) is 1. The minimum Gasteiger partial charge on any atom is -0.372 e. The van der Waals surface area contributed by atoms with Crippen LogP contribution in [0.2, 0.25) is 0 Å². The maximum Gasteiger partial charge on any atom is 0.156 e. The number of nitrogens with one attached hydrogen (secondary N) is 1. The summed E-state index contributed by atoms with van der Waals surface area (Å²) in [7, 11) is -1.18. The van der Waals surface area contributed by atoms with Gasteiger partial charge in [0.15, 0.2) is 9.84 Å². The highest BCUT2D eigenvalue weighted by atomic mass is 32.2. The number of halogens is 1. The summed E-state index contributed by atoms with van der Waals surface area (Å²) in [6.07, 6.45) is 0.698. The topological polar surface area (TPSA) is 91.0 Å². The number of nitriles is 1. The molecule has 5 rings (SSSR count). The van der Waals surface area contributed by atoms with Crippen LogP contribution in [-0.4, -0.2) is 48.8 Å². The van der Waals surface area contributed by atoms with Gasteiger partial charge in [0.1, 0.15) is 17.7 Å².